The molecule has 1 aromatic carbocycles. The molecule has 1 aliphatic rings. The van der Waals surface area contributed by atoms with E-state index in [1.54, 1.807) is 0 Å². The normalized spacial score (nSPS) is 25.8. The molecule has 0 spiro atoms. The molecule has 2 nitrogen and oxygen atoms in total. The van der Waals surface area contributed by atoms with Crippen molar-refractivity contribution in [2.75, 3.05) is 0 Å². The molecule has 0 fully saturated rings. The molecule has 1 aliphatic heterocycles. The largest absolute Gasteiger partial charge is 0.685 e. The molecule has 1 atom stereocenters. The Bertz CT molecular complexity index is 420. The topological polar surface area (TPSA) is 21.3 Å². The van der Waals surface area contributed by atoms with Crippen molar-refractivity contribution >= 4 is 46.9 Å². The van der Waals surface area contributed by atoms with E-state index in [1.165, 1.54) is 0 Å². The van der Waals surface area contributed by atoms with Gasteiger partial charge < -0.3 is 21.9 Å². The molecule has 0 aliphatic carbocycles. The van der Waals surface area contributed by atoms with E-state index in [-0.39, 0.29) is 0 Å². The molecule has 0 saturated heterocycles. The first-order valence-electron chi connectivity index (χ1n) is 3.51. The Kier molecular flexibility index (Phi) is 2.36. The number of rotatable bonds is 0. The van der Waals surface area contributed by atoms with Gasteiger partial charge in [-0.2, -0.15) is 0 Å². The van der Waals surface area contributed by atoms with Crippen LogP contribution in [0.3, 0.4) is 0 Å². The number of benzene rings is 1. The fraction of sp³-hybridized carbons (Fsp3) is 0. The lowest BCUT2D eigenvalue weighted by Gasteiger charge is -2.36. The van der Waals surface area contributed by atoms with Crippen molar-refractivity contribution in [2.24, 2.45) is 0 Å². The van der Waals surface area contributed by atoms with E-state index in [9.17, 15) is 0 Å². The highest BCUT2D eigenvalue weighted by atomic mass is 32.9. The van der Waals surface area contributed by atoms with Crippen molar-refractivity contribution < 1.29 is 4.52 Å². The Morgan fingerprint density at radius 2 is 2.08 bits per heavy atom. The van der Waals surface area contributed by atoms with Crippen LogP contribution >= 0.6 is 17.8 Å². The maximum Gasteiger partial charge on any atom is 0.134 e. The van der Waals surface area contributed by atoms with Gasteiger partial charge in [-0.3, -0.25) is 0 Å². The van der Waals surface area contributed by atoms with Crippen molar-refractivity contribution in [1.82, 2.24) is 5.09 Å². The van der Waals surface area contributed by atoms with Crippen molar-refractivity contribution in [3.05, 3.63) is 29.8 Å². The summed E-state index contributed by atoms with van der Waals surface area (Å²) >= 11 is 15.2. The fourth-order valence-electron chi connectivity index (χ4n) is 1.07. The highest BCUT2D eigenvalue weighted by Crippen LogP contribution is 2.45. The van der Waals surface area contributed by atoms with Crippen LogP contribution in [0.15, 0.2) is 24.3 Å². The quantitative estimate of drug-likeness (QED) is 0.429. The second kappa shape index (κ2) is 3.24. The second-order valence-corrected chi connectivity index (χ2v) is 8.11. The van der Waals surface area contributed by atoms with Crippen molar-refractivity contribution in [3.63, 3.8) is 0 Å². The SMILES string of the molecule is S=C1NP(=S)([S-])Oc2ccccc21. The number of nitrogens with one attached hydrogen (secondary N) is 1. The number of fused-ring (bicyclic) bond motifs is 1. The van der Waals surface area contributed by atoms with Crippen molar-refractivity contribution in [3.8, 4) is 5.75 Å². The molecule has 1 aromatic rings. The summed E-state index contributed by atoms with van der Waals surface area (Å²) in [6.07, 6.45) is 0. The van der Waals surface area contributed by atoms with E-state index in [0.717, 1.165) is 5.56 Å². The van der Waals surface area contributed by atoms with Crippen LogP contribution in [0.4, 0.5) is 0 Å². The van der Waals surface area contributed by atoms with Crippen LogP contribution in [0.25, 0.3) is 0 Å². The first kappa shape index (κ1) is 9.46. The van der Waals surface area contributed by atoms with Gasteiger partial charge in [0.05, 0.1) is 11.2 Å². The lowest BCUT2D eigenvalue weighted by atomic mass is 10.2. The predicted octanol–water partition coefficient (Wildman–Crippen LogP) is 2.12. The Morgan fingerprint density at radius 3 is 2.85 bits per heavy atom. The monoisotopic (exact) mass is 246 g/mol. The first-order valence-corrected chi connectivity index (χ1v) is 7.65. The minimum Gasteiger partial charge on any atom is -0.685 e. The van der Waals surface area contributed by atoms with Crippen molar-refractivity contribution in [2.45, 2.75) is 0 Å². The molecule has 0 amide bonds. The molecule has 1 N–H and O–H groups in total. The van der Waals surface area contributed by atoms with Crippen LogP contribution in [0.1, 0.15) is 5.56 Å². The van der Waals surface area contributed by atoms with E-state index in [4.69, 9.17) is 40.8 Å². The van der Waals surface area contributed by atoms with Gasteiger partial charge in [0.15, 0.2) is 0 Å². The predicted molar refractivity (Wildman–Crippen MR) is 63.6 cm³/mol. The maximum atomic E-state index is 5.43. The highest BCUT2D eigenvalue weighted by molar-refractivity contribution is 8.52. The molecular formula is C7H5NOPS3-. The molecule has 0 bridgehead atoms. The summed E-state index contributed by atoms with van der Waals surface area (Å²) in [4.78, 5) is 0.597. The molecule has 13 heavy (non-hydrogen) atoms. The maximum absolute atomic E-state index is 5.43. The molecule has 0 aromatic heterocycles. The third-order valence-corrected chi connectivity index (χ3v) is 3.99. The number of hydrogen-bond acceptors (Lipinski definition) is 4. The third-order valence-electron chi connectivity index (χ3n) is 1.59. The van der Waals surface area contributed by atoms with Crippen LogP contribution < -0.4 is 9.61 Å². The second-order valence-electron chi connectivity index (χ2n) is 2.53. The molecule has 0 radical (unpaired) electrons. The zero-order chi connectivity index (χ0) is 9.47. The smallest absolute Gasteiger partial charge is 0.134 e. The average Bonchev–Trinajstić information content (AvgIpc) is 2.02. The van der Waals surface area contributed by atoms with Crippen molar-refractivity contribution in [1.29, 1.82) is 0 Å². The Morgan fingerprint density at radius 1 is 1.38 bits per heavy atom. The number of para-hydroxylation sites is 1. The minimum atomic E-state index is -2.35. The van der Waals surface area contributed by atoms with Gasteiger partial charge in [0.25, 0.3) is 0 Å². The van der Waals surface area contributed by atoms with Gasteiger partial charge in [0.2, 0.25) is 0 Å². The molecule has 2 rings (SSSR count). The van der Waals surface area contributed by atoms with Gasteiger partial charge in [-0.05, 0) is 12.1 Å². The number of thiocarbonyl (C=S) groups is 1. The molecule has 68 valence electrons. The molecule has 6 heteroatoms. The first-order chi connectivity index (χ1) is 6.08. The lowest BCUT2D eigenvalue weighted by molar-refractivity contribution is 0.613. The van der Waals surface area contributed by atoms with Crippen LogP contribution in [-0.2, 0) is 24.1 Å². The molecule has 0 saturated carbocycles. The van der Waals surface area contributed by atoms with E-state index >= 15 is 0 Å². The minimum absolute atomic E-state index is 0.597. The standard InChI is InChI=1S/C7H6NOPS3/c11-7-5-3-1-2-4-6(5)9-10(12,13)8-7/h1-4H,(H2,8,11,12,13)/p-1. The molecular weight excluding hydrogens is 241 g/mol. The van der Waals surface area contributed by atoms with Gasteiger partial charge in [-0.25, -0.2) is 0 Å². The Balaban J connectivity index is 2.55. The van der Waals surface area contributed by atoms with E-state index in [2.05, 4.69) is 5.09 Å². The van der Waals surface area contributed by atoms with Gasteiger partial charge in [-0.1, -0.05) is 36.2 Å². The van der Waals surface area contributed by atoms with Gasteiger partial charge in [-0.15, -0.1) is 0 Å². The Labute approximate surface area is 92.0 Å². The van der Waals surface area contributed by atoms with Gasteiger partial charge in [0, 0.05) is 0 Å². The summed E-state index contributed by atoms with van der Waals surface area (Å²) in [5.74, 6) is 0.699. The summed E-state index contributed by atoms with van der Waals surface area (Å²) in [6, 6.07) is 7.48. The van der Waals surface area contributed by atoms with Gasteiger partial charge >= 0.3 is 0 Å². The lowest BCUT2D eigenvalue weighted by Crippen LogP contribution is -2.25. The number of hydrogen-bond donors (Lipinski definition) is 1. The van der Waals surface area contributed by atoms with E-state index < -0.39 is 5.62 Å². The van der Waals surface area contributed by atoms with Crippen LogP contribution in [-0.4, -0.2) is 4.99 Å². The van der Waals surface area contributed by atoms with Crippen LogP contribution in [0.5, 0.6) is 5.75 Å². The summed E-state index contributed by atoms with van der Waals surface area (Å²) < 4.78 is 5.43. The van der Waals surface area contributed by atoms with Crippen LogP contribution in [0, 0.1) is 0 Å². The van der Waals surface area contributed by atoms with E-state index in [1.807, 2.05) is 24.3 Å². The van der Waals surface area contributed by atoms with E-state index in [0.29, 0.717) is 10.7 Å². The third kappa shape index (κ3) is 1.89. The highest BCUT2D eigenvalue weighted by Gasteiger charge is 2.18. The molecule has 1 unspecified atom stereocenters. The zero-order valence-corrected chi connectivity index (χ0v) is 9.73. The summed E-state index contributed by atoms with van der Waals surface area (Å²) in [5, 5.41) is 2.86. The van der Waals surface area contributed by atoms with Gasteiger partial charge in [0.1, 0.15) is 10.7 Å². The molecule has 1 heterocycles. The summed E-state index contributed by atoms with van der Waals surface area (Å²) in [6.45, 7) is 0. The van der Waals surface area contributed by atoms with Crippen LogP contribution in [0.2, 0.25) is 0 Å². The fourth-order valence-corrected chi connectivity index (χ4v) is 3.83. The Hall–Kier alpha value is -0.0900. The summed E-state index contributed by atoms with van der Waals surface area (Å²) in [5.41, 5.74) is -1.49. The average molecular weight is 246 g/mol. The summed E-state index contributed by atoms with van der Waals surface area (Å²) in [7, 11) is 0. The zero-order valence-electron chi connectivity index (χ0n) is 6.39.